The van der Waals surface area contributed by atoms with Gasteiger partial charge < -0.3 is 5.11 Å². The van der Waals surface area contributed by atoms with Gasteiger partial charge in [0.05, 0.1) is 22.8 Å². The average Bonchev–Trinajstić information content (AvgIpc) is 2.67. The minimum Gasteiger partial charge on any atom is -0.478 e. The minimum absolute atomic E-state index is 0.193. The van der Waals surface area contributed by atoms with Gasteiger partial charge in [-0.1, -0.05) is 12.1 Å². The van der Waals surface area contributed by atoms with E-state index in [4.69, 9.17) is 5.11 Å². The molecule has 0 fully saturated rings. The van der Waals surface area contributed by atoms with Crippen molar-refractivity contribution in [1.29, 1.82) is 0 Å². The number of carboxylic acid groups (broad SMARTS) is 1. The highest BCUT2D eigenvalue weighted by Crippen LogP contribution is 2.15. The first kappa shape index (κ1) is 11.8. The van der Waals surface area contributed by atoms with Crippen molar-refractivity contribution < 1.29 is 14.3 Å². The van der Waals surface area contributed by atoms with Crippen molar-refractivity contribution >= 4 is 21.9 Å². The first-order valence-electron chi connectivity index (χ1n) is 4.76. The summed E-state index contributed by atoms with van der Waals surface area (Å²) < 4.78 is 16.1. The molecule has 0 aliphatic carbocycles. The second kappa shape index (κ2) is 4.67. The molecule has 1 aromatic heterocycles. The third-order valence-corrected chi connectivity index (χ3v) is 2.65. The van der Waals surface area contributed by atoms with Gasteiger partial charge in [0.25, 0.3) is 0 Å². The molecule has 1 aromatic carbocycles. The van der Waals surface area contributed by atoms with E-state index in [1.165, 1.54) is 22.9 Å². The molecule has 1 N–H and O–H groups in total. The Hall–Kier alpha value is -1.69. The maximum Gasteiger partial charge on any atom is 0.338 e. The van der Waals surface area contributed by atoms with Crippen LogP contribution in [0.3, 0.4) is 0 Å². The molecule has 88 valence electrons. The second-order valence-electron chi connectivity index (χ2n) is 3.44. The summed E-state index contributed by atoms with van der Waals surface area (Å²) >= 11 is 3.23. The summed E-state index contributed by atoms with van der Waals surface area (Å²) in [4.78, 5) is 10.8. The van der Waals surface area contributed by atoms with Crippen LogP contribution in [0.15, 0.2) is 35.1 Å². The lowest BCUT2D eigenvalue weighted by Gasteiger charge is -2.05. The van der Waals surface area contributed by atoms with Crippen LogP contribution < -0.4 is 0 Å². The first-order chi connectivity index (χ1) is 8.08. The highest BCUT2D eigenvalue weighted by Gasteiger charge is 2.13. The van der Waals surface area contributed by atoms with E-state index in [-0.39, 0.29) is 12.1 Å². The number of carbonyl (C=O) groups is 1. The maximum atomic E-state index is 13.8. The fourth-order valence-electron chi connectivity index (χ4n) is 1.47. The molecule has 0 radical (unpaired) electrons. The molecule has 2 aromatic rings. The van der Waals surface area contributed by atoms with E-state index in [1.807, 2.05) is 0 Å². The molecule has 0 spiro atoms. The van der Waals surface area contributed by atoms with Gasteiger partial charge in [-0.25, -0.2) is 9.18 Å². The average molecular weight is 299 g/mol. The number of aromatic carboxylic acids is 1. The van der Waals surface area contributed by atoms with Crippen LogP contribution in [0.4, 0.5) is 4.39 Å². The SMILES string of the molecule is O=C(O)c1cccc(Cn2cc(Br)cn2)c1F. The summed E-state index contributed by atoms with van der Waals surface area (Å²) in [5.41, 5.74) is -0.0331. The van der Waals surface area contributed by atoms with E-state index in [2.05, 4.69) is 21.0 Å². The summed E-state index contributed by atoms with van der Waals surface area (Å²) in [6, 6.07) is 4.29. The molecule has 0 amide bonds. The number of halogens is 2. The molecular formula is C11H8BrFN2O2. The quantitative estimate of drug-likeness (QED) is 0.947. The van der Waals surface area contributed by atoms with Crippen LogP contribution in [0, 0.1) is 5.82 Å². The summed E-state index contributed by atoms with van der Waals surface area (Å²) in [7, 11) is 0. The lowest BCUT2D eigenvalue weighted by Crippen LogP contribution is -2.07. The normalized spacial score (nSPS) is 10.5. The number of aromatic nitrogens is 2. The Bertz CT molecular complexity index is 568. The second-order valence-corrected chi connectivity index (χ2v) is 4.36. The van der Waals surface area contributed by atoms with Gasteiger partial charge in [0.15, 0.2) is 0 Å². The van der Waals surface area contributed by atoms with Crippen LogP contribution in [-0.4, -0.2) is 20.9 Å². The van der Waals surface area contributed by atoms with Crippen LogP contribution >= 0.6 is 15.9 Å². The van der Waals surface area contributed by atoms with Gasteiger partial charge in [0, 0.05) is 11.8 Å². The lowest BCUT2D eigenvalue weighted by atomic mass is 10.1. The number of hydrogen-bond donors (Lipinski definition) is 1. The van der Waals surface area contributed by atoms with E-state index in [0.29, 0.717) is 5.56 Å². The van der Waals surface area contributed by atoms with Gasteiger partial charge >= 0.3 is 5.97 Å². The molecule has 17 heavy (non-hydrogen) atoms. The van der Waals surface area contributed by atoms with Crippen LogP contribution in [0.25, 0.3) is 0 Å². The van der Waals surface area contributed by atoms with Crippen molar-refractivity contribution in [2.24, 2.45) is 0 Å². The monoisotopic (exact) mass is 298 g/mol. The third-order valence-electron chi connectivity index (χ3n) is 2.24. The van der Waals surface area contributed by atoms with E-state index in [1.54, 1.807) is 12.4 Å². The number of benzene rings is 1. The Morgan fingerprint density at radius 2 is 2.29 bits per heavy atom. The van der Waals surface area contributed by atoms with Gasteiger partial charge in [0.2, 0.25) is 0 Å². The van der Waals surface area contributed by atoms with E-state index >= 15 is 0 Å². The zero-order valence-electron chi connectivity index (χ0n) is 8.60. The van der Waals surface area contributed by atoms with Gasteiger partial charge in [-0.3, -0.25) is 4.68 Å². The molecule has 6 heteroatoms. The largest absolute Gasteiger partial charge is 0.478 e. The van der Waals surface area contributed by atoms with Crippen LogP contribution in [0.1, 0.15) is 15.9 Å². The molecule has 0 atom stereocenters. The van der Waals surface area contributed by atoms with Crippen LogP contribution in [-0.2, 0) is 6.54 Å². The van der Waals surface area contributed by atoms with Gasteiger partial charge in [0.1, 0.15) is 5.82 Å². The number of rotatable bonds is 3. The summed E-state index contributed by atoms with van der Waals surface area (Å²) in [6.45, 7) is 0.193. The van der Waals surface area contributed by atoms with Crippen molar-refractivity contribution in [3.63, 3.8) is 0 Å². The zero-order chi connectivity index (χ0) is 12.4. The van der Waals surface area contributed by atoms with Crippen molar-refractivity contribution in [3.8, 4) is 0 Å². The standard InChI is InChI=1S/C11H8BrFN2O2/c12-8-4-14-15(6-8)5-7-2-1-3-9(10(7)13)11(16)17/h1-4,6H,5H2,(H,16,17). The molecule has 4 nitrogen and oxygen atoms in total. The first-order valence-corrected chi connectivity index (χ1v) is 5.56. The van der Waals surface area contributed by atoms with E-state index in [9.17, 15) is 9.18 Å². The van der Waals surface area contributed by atoms with Crippen LogP contribution in [0.5, 0.6) is 0 Å². The lowest BCUT2D eigenvalue weighted by molar-refractivity contribution is 0.0691. The highest BCUT2D eigenvalue weighted by molar-refractivity contribution is 9.10. The number of hydrogen-bond acceptors (Lipinski definition) is 2. The summed E-state index contributed by atoms with van der Waals surface area (Å²) in [5.74, 6) is -1.99. The van der Waals surface area contributed by atoms with Crippen molar-refractivity contribution in [1.82, 2.24) is 9.78 Å². The van der Waals surface area contributed by atoms with Gasteiger partial charge in [-0.2, -0.15) is 5.10 Å². The Kier molecular flexibility index (Phi) is 3.23. The van der Waals surface area contributed by atoms with E-state index in [0.717, 1.165) is 4.47 Å². The predicted molar refractivity (Wildman–Crippen MR) is 62.4 cm³/mol. The fraction of sp³-hybridized carbons (Fsp3) is 0.0909. The molecule has 0 bridgehead atoms. The molecular weight excluding hydrogens is 291 g/mol. The zero-order valence-corrected chi connectivity index (χ0v) is 10.2. The highest BCUT2D eigenvalue weighted by atomic mass is 79.9. The summed E-state index contributed by atoms with van der Waals surface area (Å²) in [5, 5.41) is 12.8. The smallest absolute Gasteiger partial charge is 0.338 e. The molecule has 0 aliphatic rings. The molecule has 2 rings (SSSR count). The maximum absolute atomic E-state index is 13.8. The molecule has 1 heterocycles. The molecule has 0 saturated carbocycles. The third kappa shape index (κ3) is 2.52. The molecule has 0 aliphatic heterocycles. The van der Waals surface area contributed by atoms with Crippen molar-refractivity contribution in [2.75, 3.05) is 0 Å². The fourth-order valence-corrected chi connectivity index (χ4v) is 1.79. The van der Waals surface area contributed by atoms with E-state index < -0.39 is 11.8 Å². The van der Waals surface area contributed by atoms with Gasteiger partial charge in [-0.15, -0.1) is 0 Å². The Labute approximate surface area is 105 Å². The Morgan fingerprint density at radius 3 is 2.88 bits per heavy atom. The number of nitrogens with zero attached hydrogens (tertiary/aromatic N) is 2. The van der Waals surface area contributed by atoms with Crippen LogP contribution in [0.2, 0.25) is 0 Å². The van der Waals surface area contributed by atoms with Crippen molar-refractivity contribution in [2.45, 2.75) is 6.54 Å². The predicted octanol–water partition coefficient (Wildman–Crippen LogP) is 2.53. The minimum atomic E-state index is -1.27. The molecule has 0 saturated heterocycles. The summed E-state index contributed by atoms with van der Waals surface area (Å²) in [6.07, 6.45) is 3.27. The molecule has 0 unspecified atom stereocenters. The topological polar surface area (TPSA) is 55.1 Å². The van der Waals surface area contributed by atoms with Gasteiger partial charge in [-0.05, 0) is 22.0 Å². The number of carboxylic acids is 1. The Morgan fingerprint density at radius 1 is 1.53 bits per heavy atom. The van der Waals surface area contributed by atoms with Crippen molar-refractivity contribution in [3.05, 3.63) is 52.0 Å². The Balaban J connectivity index is 2.33.